The van der Waals surface area contributed by atoms with Gasteiger partial charge in [-0.3, -0.25) is 0 Å². The maximum Gasteiger partial charge on any atom is 0.341 e. The van der Waals surface area contributed by atoms with Gasteiger partial charge in [-0.1, -0.05) is 34.1 Å². The summed E-state index contributed by atoms with van der Waals surface area (Å²) in [6.45, 7) is 0. The summed E-state index contributed by atoms with van der Waals surface area (Å²) in [6.07, 6.45) is 0. The summed E-state index contributed by atoms with van der Waals surface area (Å²) in [5.41, 5.74) is 0.385. The van der Waals surface area contributed by atoms with E-state index >= 15 is 0 Å². The van der Waals surface area contributed by atoms with Gasteiger partial charge in [-0.2, -0.15) is 0 Å². The lowest BCUT2D eigenvalue weighted by atomic mass is 10.2. The van der Waals surface area contributed by atoms with Crippen molar-refractivity contribution in [2.24, 2.45) is 0 Å². The van der Waals surface area contributed by atoms with E-state index < -0.39 is 5.97 Å². The first kappa shape index (κ1) is 12.6. The summed E-state index contributed by atoms with van der Waals surface area (Å²) >= 11 is 3.32. The molecule has 0 unspecified atom stereocenters. The monoisotopic (exact) mass is 306 g/mol. The van der Waals surface area contributed by atoms with E-state index in [0.717, 1.165) is 4.47 Å². The lowest BCUT2D eigenvalue weighted by Crippen LogP contribution is -2.03. The van der Waals surface area contributed by atoms with Crippen molar-refractivity contribution in [3.63, 3.8) is 0 Å². The predicted octanol–water partition coefficient (Wildman–Crippen LogP) is 4.03. The molecular weight excluding hydrogens is 296 g/mol. The molecule has 2 aromatic rings. The van der Waals surface area contributed by atoms with Crippen LogP contribution in [0.1, 0.15) is 10.4 Å². The number of halogens is 1. The average molecular weight is 307 g/mol. The number of hydrogen-bond acceptors (Lipinski definition) is 3. The van der Waals surface area contributed by atoms with Crippen LogP contribution in [0.4, 0.5) is 0 Å². The minimum Gasteiger partial charge on any atom is -0.465 e. The molecule has 0 aliphatic carbocycles. The third kappa shape index (κ3) is 2.90. The van der Waals surface area contributed by atoms with Crippen molar-refractivity contribution in [2.75, 3.05) is 7.11 Å². The maximum atomic E-state index is 11.7. The zero-order chi connectivity index (χ0) is 13.0. The van der Waals surface area contributed by atoms with E-state index in [1.54, 1.807) is 12.1 Å². The van der Waals surface area contributed by atoms with Crippen LogP contribution >= 0.6 is 15.9 Å². The molecule has 0 heterocycles. The third-order valence-electron chi connectivity index (χ3n) is 2.32. The normalized spacial score (nSPS) is 9.89. The van der Waals surface area contributed by atoms with Gasteiger partial charge in [-0.05, 0) is 30.3 Å². The summed E-state index contributed by atoms with van der Waals surface area (Å²) in [7, 11) is 1.34. The maximum absolute atomic E-state index is 11.7. The van der Waals surface area contributed by atoms with Gasteiger partial charge in [0, 0.05) is 4.47 Å². The van der Waals surface area contributed by atoms with Crippen molar-refractivity contribution in [3.05, 3.63) is 58.6 Å². The second-order valence-electron chi connectivity index (χ2n) is 3.55. The summed E-state index contributed by atoms with van der Waals surface area (Å²) in [4.78, 5) is 11.7. The highest BCUT2D eigenvalue weighted by molar-refractivity contribution is 9.10. The zero-order valence-electron chi connectivity index (χ0n) is 9.72. The van der Waals surface area contributed by atoms with E-state index in [4.69, 9.17) is 9.47 Å². The fraction of sp³-hybridized carbons (Fsp3) is 0.0714. The number of esters is 1. The summed E-state index contributed by atoms with van der Waals surface area (Å²) in [6, 6.07) is 14.5. The highest BCUT2D eigenvalue weighted by Crippen LogP contribution is 2.28. The number of carbonyl (C=O) groups excluding carboxylic acids is 1. The van der Waals surface area contributed by atoms with Gasteiger partial charge in [0.15, 0.2) is 0 Å². The first-order valence-corrected chi connectivity index (χ1v) is 6.11. The van der Waals surface area contributed by atoms with Crippen LogP contribution in [0.2, 0.25) is 0 Å². The number of rotatable bonds is 3. The molecule has 0 atom stereocenters. The Labute approximate surface area is 113 Å². The Balaban J connectivity index is 2.35. The van der Waals surface area contributed by atoms with Crippen molar-refractivity contribution >= 4 is 21.9 Å². The van der Waals surface area contributed by atoms with Gasteiger partial charge in [-0.25, -0.2) is 4.79 Å². The molecular formula is C14H11BrO3. The Bertz CT molecular complexity index is 552. The third-order valence-corrected chi connectivity index (χ3v) is 2.81. The van der Waals surface area contributed by atoms with Crippen LogP contribution in [-0.4, -0.2) is 13.1 Å². The molecule has 3 nitrogen and oxygen atoms in total. The first-order valence-electron chi connectivity index (χ1n) is 5.31. The van der Waals surface area contributed by atoms with Gasteiger partial charge in [0.2, 0.25) is 0 Å². The number of hydrogen-bond donors (Lipinski definition) is 0. The van der Waals surface area contributed by atoms with Gasteiger partial charge in [0.05, 0.1) is 7.11 Å². The second-order valence-corrected chi connectivity index (χ2v) is 4.46. The molecule has 0 N–H and O–H groups in total. The summed E-state index contributed by atoms with van der Waals surface area (Å²) < 4.78 is 11.2. The fourth-order valence-electron chi connectivity index (χ4n) is 1.48. The number of para-hydroxylation sites is 1. The van der Waals surface area contributed by atoms with Gasteiger partial charge in [0.1, 0.15) is 17.1 Å². The van der Waals surface area contributed by atoms with E-state index in [1.807, 2.05) is 36.4 Å². The Hall–Kier alpha value is -1.81. The van der Waals surface area contributed by atoms with Crippen LogP contribution in [0.25, 0.3) is 0 Å². The van der Waals surface area contributed by atoms with Crippen LogP contribution in [0.15, 0.2) is 53.0 Å². The standard InChI is InChI=1S/C14H11BrO3/c1-17-14(16)12-9-10(15)7-8-13(12)18-11-5-3-2-4-6-11/h2-9H,1H3. The lowest BCUT2D eigenvalue weighted by molar-refractivity contribution is 0.0598. The lowest BCUT2D eigenvalue weighted by Gasteiger charge is -2.10. The predicted molar refractivity (Wildman–Crippen MR) is 72.0 cm³/mol. The topological polar surface area (TPSA) is 35.5 Å². The van der Waals surface area contributed by atoms with Gasteiger partial charge in [0.25, 0.3) is 0 Å². The minimum atomic E-state index is -0.428. The molecule has 0 radical (unpaired) electrons. The molecule has 18 heavy (non-hydrogen) atoms. The SMILES string of the molecule is COC(=O)c1cc(Br)ccc1Oc1ccccc1. The Kier molecular flexibility index (Phi) is 3.99. The van der Waals surface area contributed by atoms with Crippen LogP contribution in [-0.2, 0) is 4.74 Å². The van der Waals surface area contributed by atoms with Crippen molar-refractivity contribution in [2.45, 2.75) is 0 Å². The smallest absolute Gasteiger partial charge is 0.341 e. The number of ether oxygens (including phenoxy) is 2. The van der Waals surface area contributed by atoms with Crippen molar-refractivity contribution in [1.82, 2.24) is 0 Å². The first-order chi connectivity index (χ1) is 8.70. The molecule has 4 heteroatoms. The molecule has 0 amide bonds. The van der Waals surface area contributed by atoms with E-state index in [0.29, 0.717) is 17.1 Å². The van der Waals surface area contributed by atoms with E-state index in [1.165, 1.54) is 7.11 Å². The average Bonchev–Trinajstić information content (AvgIpc) is 2.41. The van der Waals surface area contributed by atoms with Crippen LogP contribution in [0.3, 0.4) is 0 Å². The largest absolute Gasteiger partial charge is 0.465 e. The molecule has 92 valence electrons. The van der Waals surface area contributed by atoms with Crippen molar-refractivity contribution in [3.8, 4) is 11.5 Å². The second kappa shape index (κ2) is 5.69. The molecule has 0 fully saturated rings. The molecule has 0 spiro atoms. The van der Waals surface area contributed by atoms with Crippen LogP contribution < -0.4 is 4.74 Å². The number of benzene rings is 2. The van der Waals surface area contributed by atoms with E-state index in [-0.39, 0.29) is 0 Å². The summed E-state index contributed by atoms with van der Waals surface area (Å²) in [5, 5.41) is 0. The molecule has 0 aliphatic heterocycles. The molecule has 0 bridgehead atoms. The molecule has 0 saturated carbocycles. The minimum absolute atomic E-state index is 0.385. The Morgan fingerprint density at radius 2 is 1.83 bits per heavy atom. The quantitative estimate of drug-likeness (QED) is 0.803. The van der Waals surface area contributed by atoms with E-state index in [2.05, 4.69) is 15.9 Å². The van der Waals surface area contributed by atoms with Crippen molar-refractivity contribution in [1.29, 1.82) is 0 Å². The fourth-order valence-corrected chi connectivity index (χ4v) is 1.84. The Morgan fingerprint density at radius 1 is 1.11 bits per heavy atom. The number of carbonyl (C=O) groups is 1. The Morgan fingerprint density at radius 3 is 2.50 bits per heavy atom. The molecule has 0 saturated heterocycles. The molecule has 0 aliphatic rings. The molecule has 0 aromatic heterocycles. The molecule has 2 rings (SSSR count). The summed E-state index contributed by atoms with van der Waals surface area (Å²) in [5.74, 6) is 0.712. The number of methoxy groups -OCH3 is 1. The van der Waals surface area contributed by atoms with Gasteiger partial charge < -0.3 is 9.47 Å². The van der Waals surface area contributed by atoms with Crippen molar-refractivity contribution < 1.29 is 14.3 Å². The van der Waals surface area contributed by atoms with Crippen LogP contribution in [0, 0.1) is 0 Å². The van der Waals surface area contributed by atoms with Gasteiger partial charge in [-0.15, -0.1) is 0 Å². The van der Waals surface area contributed by atoms with Crippen LogP contribution in [0.5, 0.6) is 11.5 Å². The highest BCUT2D eigenvalue weighted by Gasteiger charge is 2.14. The zero-order valence-corrected chi connectivity index (χ0v) is 11.3. The molecule has 2 aromatic carbocycles. The highest BCUT2D eigenvalue weighted by atomic mass is 79.9. The van der Waals surface area contributed by atoms with E-state index in [9.17, 15) is 4.79 Å². The van der Waals surface area contributed by atoms with Gasteiger partial charge >= 0.3 is 5.97 Å².